The molecule has 0 aliphatic heterocycles. The van der Waals surface area contributed by atoms with Crippen molar-refractivity contribution in [1.82, 2.24) is 9.78 Å². The Morgan fingerprint density at radius 2 is 2.06 bits per heavy atom. The Labute approximate surface area is 105 Å². The number of rotatable bonds is 6. The lowest BCUT2D eigenvalue weighted by Gasteiger charge is -2.28. The summed E-state index contributed by atoms with van der Waals surface area (Å²) in [5, 5.41) is 14.7. The topological polar surface area (TPSA) is 38.0 Å². The van der Waals surface area contributed by atoms with Gasteiger partial charge in [0, 0.05) is 18.7 Å². The predicted molar refractivity (Wildman–Crippen MR) is 71.0 cm³/mol. The molecular formula is C14H26N2O. The molecule has 0 radical (unpaired) electrons. The van der Waals surface area contributed by atoms with E-state index in [9.17, 15) is 5.11 Å². The Bertz CT molecular complexity index is 344. The molecule has 1 N–H and O–H groups in total. The van der Waals surface area contributed by atoms with Crippen molar-refractivity contribution in [2.24, 2.45) is 5.41 Å². The number of aliphatic hydroxyl groups is 1. The molecule has 2 unspecified atom stereocenters. The summed E-state index contributed by atoms with van der Waals surface area (Å²) in [4.78, 5) is 0. The first-order valence-corrected chi connectivity index (χ1v) is 6.62. The largest absolute Gasteiger partial charge is 0.392 e. The van der Waals surface area contributed by atoms with Gasteiger partial charge in [-0.2, -0.15) is 5.10 Å². The molecule has 2 atom stereocenters. The number of hydrogen-bond acceptors (Lipinski definition) is 2. The van der Waals surface area contributed by atoms with Crippen molar-refractivity contribution in [3.8, 4) is 0 Å². The molecule has 1 rings (SSSR count). The molecule has 0 spiro atoms. The number of hydrogen-bond donors (Lipinski definition) is 1. The minimum atomic E-state index is -0.326. The van der Waals surface area contributed by atoms with Crippen LogP contribution in [0.1, 0.15) is 59.2 Å². The first-order chi connectivity index (χ1) is 7.90. The van der Waals surface area contributed by atoms with Crippen molar-refractivity contribution in [2.75, 3.05) is 0 Å². The van der Waals surface area contributed by atoms with Gasteiger partial charge in [0.1, 0.15) is 0 Å². The molecule has 98 valence electrons. The highest BCUT2D eigenvalue weighted by Gasteiger charge is 2.26. The van der Waals surface area contributed by atoms with Crippen LogP contribution in [-0.2, 0) is 6.42 Å². The van der Waals surface area contributed by atoms with E-state index in [-0.39, 0.29) is 11.5 Å². The van der Waals surface area contributed by atoms with Crippen LogP contribution < -0.4 is 0 Å². The van der Waals surface area contributed by atoms with Crippen molar-refractivity contribution in [3.63, 3.8) is 0 Å². The first kappa shape index (κ1) is 14.2. The van der Waals surface area contributed by atoms with Crippen molar-refractivity contribution < 1.29 is 5.11 Å². The van der Waals surface area contributed by atoms with Gasteiger partial charge in [-0.25, -0.2) is 0 Å². The fourth-order valence-electron chi connectivity index (χ4n) is 1.63. The molecule has 0 aliphatic carbocycles. The summed E-state index contributed by atoms with van der Waals surface area (Å²) in [7, 11) is 0. The van der Waals surface area contributed by atoms with Crippen LogP contribution in [0.15, 0.2) is 12.3 Å². The third kappa shape index (κ3) is 3.56. The Balaban J connectivity index is 2.66. The summed E-state index contributed by atoms with van der Waals surface area (Å²) < 4.78 is 1.99. The normalized spacial score (nSPS) is 15.9. The van der Waals surface area contributed by atoms with Gasteiger partial charge in [0.2, 0.25) is 0 Å². The van der Waals surface area contributed by atoms with Gasteiger partial charge >= 0.3 is 0 Å². The summed E-state index contributed by atoms with van der Waals surface area (Å²) in [6.07, 6.45) is 4.37. The zero-order valence-corrected chi connectivity index (χ0v) is 11.8. The number of nitrogens with zero attached hydrogens (tertiary/aromatic N) is 2. The Hall–Kier alpha value is -0.830. The lowest BCUT2D eigenvalue weighted by Crippen LogP contribution is -2.30. The summed E-state index contributed by atoms with van der Waals surface area (Å²) in [5.74, 6) is 0. The highest BCUT2D eigenvalue weighted by Crippen LogP contribution is 2.26. The third-order valence-corrected chi connectivity index (χ3v) is 3.92. The van der Waals surface area contributed by atoms with E-state index in [2.05, 4.69) is 39.7 Å². The van der Waals surface area contributed by atoms with Gasteiger partial charge in [0.25, 0.3) is 0 Å². The maximum Gasteiger partial charge on any atom is 0.0650 e. The van der Waals surface area contributed by atoms with Crippen LogP contribution in [0, 0.1) is 5.41 Å². The fourth-order valence-corrected chi connectivity index (χ4v) is 1.63. The summed E-state index contributed by atoms with van der Waals surface area (Å²) in [6.45, 7) is 10.6. The lowest BCUT2D eigenvalue weighted by molar-refractivity contribution is 0.0470. The first-order valence-electron chi connectivity index (χ1n) is 6.62. The van der Waals surface area contributed by atoms with E-state index in [1.165, 1.54) is 0 Å². The molecule has 17 heavy (non-hydrogen) atoms. The summed E-state index contributed by atoms with van der Waals surface area (Å²) in [5.41, 5.74) is 0.944. The maximum atomic E-state index is 10.2. The van der Waals surface area contributed by atoms with Crippen LogP contribution in [0.3, 0.4) is 0 Å². The summed E-state index contributed by atoms with van der Waals surface area (Å²) in [6, 6.07) is 2.45. The van der Waals surface area contributed by atoms with Crippen molar-refractivity contribution in [1.29, 1.82) is 0 Å². The van der Waals surface area contributed by atoms with Crippen LogP contribution in [0.2, 0.25) is 0 Å². The van der Waals surface area contributed by atoms with Crippen LogP contribution in [0.4, 0.5) is 0 Å². The number of aliphatic hydroxyl groups excluding tert-OH is 1. The van der Waals surface area contributed by atoms with Gasteiger partial charge < -0.3 is 5.11 Å². The van der Waals surface area contributed by atoms with Crippen molar-refractivity contribution >= 4 is 0 Å². The molecule has 0 aromatic carbocycles. The zero-order chi connectivity index (χ0) is 13.1. The van der Waals surface area contributed by atoms with Crippen LogP contribution in [0.5, 0.6) is 0 Å². The van der Waals surface area contributed by atoms with E-state index >= 15 is 0 Å². The van der Waals surface area contributed by atoms with Gasteiger partial charge in [0.15, 0.2) is 0 Å². The average Bonchev–Trinajstić information content (AvgIpc) is 2.76. The SMILES string of the molecule is CCC(C)n1ccc(CC(O)C(C)(C)CC)n1. The molecule has 1 aromatic heterocycles. The van der Waals surface area contributed by atoms with E-state index < -0.39 is 0 Å². The molecule has 0 saturated carbocycles. The van der Waals surface area contributed by atoms with E-state index in [4.69, 9.17) is 0 Å². The van der Waals surface area contributed by atoms with Crippen molar-refractivity contribution in [2.45, 2.75) is 66.0 Å². The Morgan fingerprint density at radius 3 is 2.59 bits per heavy atom. The second kappa shape index (κ2) is 5.67. The quantitative estimate of drug-likeness (QED) is 0.826. The zero-order valence-electron chi connectivity index (χ0n) is 11.8. The molecule has 3 heteroatoms. The molecule has 0 bridgehead atoms. The van der Waals surface area contributed by atoms with Gasteiger partial charge in [-0.15, -0.1) is 0 Å². The van der Waals surface area contributed by atoms with E-state index in [0.29, 0.717) is 12.5 Å². The third-order valence-electron chi connectivity index (χ3n) is 3.92. The molecule has 1 aromatic rings. The predicted octanol–water partition coefficient (Wildman–Crippen LogP) is 3.19. The molecule has 0 fully saturated rings. The van der Waals surface area contributed by atoms with E-state index in [1.807, 2.05) is 16.9 Å². The minimum absolute atomic E-state index is 0.0415. The minimum Gasteiger partial charge on any atom is -0.392 e. The molecule has 3 nitrogen and oxygen atoms in total. The van der Waals surface area contributed by atoms with Crippen LogP contribution in [-0.4, -0.2) is 21.0 Å². The van der Waals surface area contributed by atoms with Gasteiger partial charge in [-0.1, -0.05) is 27.7 Å². The Morgan fingerprint density at radius 1 is 1.41 bits per heavy atom. The standard InChI is InChI=1S/C14H26N2O/c1-6-11(3)16-9-8-12(15-16)10-13(17)14(4,5)7-2/h8-9,11,13,17H,6-7,10H2,1-5H3. The average molecular weight is 238 g/mol. The monoisotopic (exact) mass is 238 g/mol. The van der Waals surface area contributed by atoms with Gasteiger partial charge in [-0.05, 0) is 31.2 Å². The summed E-state index contributed by atoms with van der Waals surface area (Å²) >= 11 is 0. The van der Waals surface area contributed by atoms with E-state index in [1.54, 1.807) is 0 Å². The highest BCUT2D eigenvalue weighted by molar-refractivity contribution is 5.02. The molecular weight excluding hydrogens is 212 g/mol. The van der Waals surface area contributed by atoms with E-state index in [0.717, 1.165) is 18.5 Å². The van der Waals surface area contributed by atoms with Crippen LogP contribution in [0.25, 0.3) is 0 Å². The molecule has 0 amide bonds. The Kier molecular flexibility index (Phi) is 4.75. The maximum absolute atomic E-state index is 10.2. The second-order valence-corrected chi connectivity index (χ2v) is 5.61. The lowest BCUT2D eigenvalue weighted by atomic mass is 9.82. The highest BCUT2D eigenvalue weighted by atomic mass is 16.3. The molecule has 0 aliphatic rings. The molecule has 0 saturated heterocycles. The molecule has 1 heterocycles. The smallest absolute Gasteiger partial charge is 0.0650 e. The second-order valence-electron chi connectivity index (χ2n) is 5.61. The number of aromatic nitrogens is 2. The van der Waals surface area contributed by atoms with Gasteiger partial charge in [0.05, 0.1) is 11.8 Å². The van der Waals surface area contributed by atoms with Gasteiger partial charge in [-0.3, -0.25) is 4.68 Å². The van der Waals surface area contributed by atoms with Crippen LogP contribution >= 0.6 is 0 Å². The fraction of sp³-hybridized carbons (Fsp3) is 0.786. The van der Waals surface area contributed by atoms with Crippen molar-refractivity contribution in [3.05, 3.63) is 18.0 Å².